The Morgan fingerprint density at radius 2 is 2.16 bits per heavy atom. The quantitative estimate of drug-likeness (QED) is 0.542. The molecule has 0 saturated heterocycles. The summed E-state index contributed by atoms with van der Waals surface area (Å²) in [5.41, 5.74) is 2.52. The van der Waals surface area contributed by atoms with Crippen LogP contribution in [0.5, 0.6) is 0 Å². The van der Waals surface area contributed by atoms with Gasteiger partial charge in [-0.15, -0.1) is 11.3 Å². The second-order valence-corrected chi connectivity index (χ2v) is 6.94. The Bertz CT molecular complexity index is 1050. The minimum absolute atomic E-state index is 0.219. The van der Waals surface area contributed by atoms with Crippen molar-refractivity contribution in [2.24, 2.45) is 11.0 Å². The maximum atomic E-state index is 13.4. The number of nitrogens with zero attached hydrogens (tertiary/aromatic N) is 2. The van der Waals surface area contributed by atoms with Crippen LogP contribution in [0.3, 0.4) is 0 Å². The summed E-state index contributed by atoms with van der Waals surface area (Å²) >= 11 is 1.49. The van der Waals surface area contributed by atoms with Crippen LogP contribution in [0.4, 0.5) is 10.2 Å². The Kier molecular flexibility index (Phi) is 4.80. The van der Waals surface area contributed by atoms with Gasteiger partial charge in [-0.05, 0) is 24.1 Å². The Balaban J connectivity index is 1.90. The predicted molar refractivity (Wildman–Crippen MR) is 99.2 cm³/mol. The normalized spacial score (nSPS) is 11.7. The minimum atomic E-state index is -0.495. The van der Waals surface area contributed by atoms with Crippen molar-refractivity contribution >= 4 is 33.5 Å². The number of nitrogens with one attached hydrogen (secondary N) is 2. The molecule has 0 amide bonds. The number of thiophene rings is 1. The lowest BCUT2D eigenvalue weighted by atomic mass is 10.2. The molecule has 25 heavy (non-hydrogen) atoms. The molecule has 1 aromatic carbocycles. The average Bonchev–Trinajstić information content (AvgIpc) is 2.92. The average molecular weight is 360 g/mol. The summed E-state index contributed by atoms with van der Waals surface area (Å²) < 4.78 is 15.8. The van der Waals surface area contributed by atoms with Crippen molar-refractivity contribution in [2.45, 2.75) is 20.4 Å². The lowest BCUT2D eigenvalue weighted by molar-refractivity contribution is 0.506. The van der Waals surface area contributed by atoms with Crippen molar-refractivity contribution in [3.05, 3.63) is 61.9 Å². The van der Waals surface area contributed by atoms with Gasteiger partial charge in [0.1, 0.15) is 11.6 Å². The summed E-state index contributed by atoms with van der Waals surface area (Å²) in [6.45, 7) is 4.38. The second kappa shape index (κ2) is 7.02. The van der Waals surface area contributed by atoms with Crippen LogP contribution in [0.2, 0.25) is 0 Å². The van der Waals surface area contributed by atoms with E-state index in [9.17, 15) is 14.0 Å². The zero-order chi connectivity index (χ0) is 18.0. The molecule has 3 aromatic rings. The van der Waals surface area contributed by atoms with Crippen LogP contribution in [0, 0.1) is 11.7 Å². The summed E-state index contributed by atoms with van der Waals surface area (Å²) in [6, 6.07) is 5.87. The Morgan fingerprint density at radius 1 is 1.36 bits per heavy atom. The number of hydrogen-bond acceptors (Lipinski definition) is 5. The maximum Gasteiger partial charge on any atom is 0.329 e. The van der Waals surface area contributed by atoms with Crippen molar-refractivity contribution in [1.82, 2.24) is 9.55 Å². The van der Waals surface area contributed by atoms with Gasteiger partial charge >= 0.3 is 5.69 Å². The predicted octanol–water partition coefficient (Wildman–Crippen LogP) is 2.99. The highest BCUT2D eigenvalue weighted by atomic mass is 32.1. The molecule has 2 heterocycles. The smallest absolute Gasteiger partial charge is 0.278 e. The van der Waals surface area contributed by atoms with Crippen LogP contribution in [0.1, 0.15) is 19.4 Å². The molecule has 0 bridgehead atoms. The number of anilines is 1. The van der Waals surface area contributed by atoms with Crippen molar-refractivity contribution in [3.8, 4) is 0 Å². The fourth-order valence-corrected chi connectivity index (χ4v) is 3.34. The standard InChI is InChI=1S/C17H17FN4O2S/c1-10(2)8-22-15(6-16(23)20-17(22)24)21-19-7-11-9-25-14-4-3-12(18)5-13(11)14/h3-7,9-10,21H,8H2,1-2H3,(H,20,23,24). The van der Waals surface area contributed by atoms with Crippen molar-refractivity contribution < 1.29 is 4.39 Å². The van der Waals surface area contributed by atoms with Crippen LogP contribution in [0.15, 0.2) is 44.3 Å². The van der Waals surface area contributed by atoms with E-state index in [0.717, 1.165) is 15.6 Å². The summed E-state index contributed by atoms with van der Waals surface area (Å²) in [5, 5.41) is 6.74. The molecular weight excluding hydrogens is 343 g/mol. The molecule has 0 aliphatic rings. The van der Waals surface area contributed by atoms with E-state index in [-0.39, 0.29) is 11.7 Å². The van der Waals surface area contributed by atoms with Crippen LogP contribution in [0.25, 0.3) is 10.1 Å². The SMILES string of the molecule is CC(C)Cn1c(NN=Cc2csc3ccc(F)cc23)cc(=O)[nH]c1=O. The molecule has 2 N–H and O–H groups in total. The number of fused-ring (bicyclic) bond motifs is 1. The van der Waals surface area contributed by atoms with Gasteiger partial charge in [-0.1, -0.05) is 13.8 Å². The van der Waals surface area contributed by atoms with Crippen LogP contribution >= 0.6 is 11.3 Å². The van der Waals surface area contributed by atoms with Gasteiger partial charge in [-0.3, -0.25) is 19.8 Å². The molecule has 0 aliphatic heterocycles. The molecule has 0 spiro atoms. The van der Waals surface area contributed by atoms with E-state index < -0.39 is 11.2 Å². The third-order valence-corrected chi connectivity index (χ3v) is 4.51. The second-order valence-electron chi connectivity index (χ2n) is 6.03. The molecule has 6 nitrogen and oxygen atoms in total. The molecule has 2 aromatic heterocycles. The van der Waals surface area contributed by atoms with Crippen LogP contribution < -0.4 is 16.7 Å². The Labute approximate surface area is 146 Å². The number of hydrazone groups is 1. The maximum absolute atomic E-state index is 13.4. The largest absolute Gasteiger partial charge is 0.329 e. The number of aromatic amines is 1. The molecule has 0 atom stereocenters. The minimum Gasteiger partial charge on any atom is -0.278 e. The van der Waals surface area contributed by atoms with Gasteiger partial charge in [0.25, 0.3) is 5.56 Å². The van der Waals surface area contributed by atoms with Gasteiger partial charge in [0.15, 0.2) is 0 Å². The lowest BCUT2D eigenvalue weighted by Crippen LogP contribution is -2.32. The highest BCUT2D eigenvalue weighted by molar-refractivity contribution is 7.17. The van der Waals surface area contributed by atoms with Gasteiger partial charge < -0.3 is 0 Å². The molecule has 130 valence electrons. The summed E-state index contributed by atoms with van der Waals surface area (Å²) in [5.74, 6) is 0.218. The van der Waals surface area contributed by atoms with E-state index in [4.69, 9.17) is 0 Å². The van der Waals surface area contributed by atoms with Crippen molar-refractivity contribution in [1.29, 1.82) is 0 Å². The molecule has 0 unspecified atom stereocenters. The number of hydrogen-bond donors (Lipinski definition) is 2. The van der Waals surface area contributed by atoms with Gasteiger partial charge in [-0.2, -0.15) is 5.10 Å². The number of aromatic nitrogens is 2. The van der Waals surface area contributed by atoms with Gasteiger partial charge in [0.2, 0.25) is 0 Å². The Hall–Kier alpha value is -2.74. The lowest BCUT2D eigenvalue weighted by Gasteiger charge is -2.12. The van der Waals surface area contributed by atoms with E-state index in [0.29, 0.717) is 12.4 Å². The Morgan fingerprint density at radius 3 is 2.92 bits per heavy atom. The number of halogens is 1. The summed E-state index contributed by atoms with van der Waals surface area (Å²) in [7, 11) is 0. The topological polar surface area (TPSA) is 79.2 Å². The number of rotatable bonds is 5. The molecule has 8 heteroatoms. The fraction of sp³-hybridized carbons (Fsp3) is 0.235. The first kappa shape index (κ1) is 17.1. The third kappa shape index (κ3) is 3.85. The van der Waals surface area contributed by atoms with E-state index in [1.165, 1.54) is 34.1 Å². The van der Waals surface area contributed by atoms with E-state index in [2.05, 4.69) is 15.5 Å². The van der Waals surface area contributed by atoms with E-state index in [1.54, 1.807) is 12.3 Å². The monoisotopic (exact) mass is 360 g/mol. The summed E-state index contributed by atoms with van der Waals surface area (Å²) in [4.78, 5) is 25.8. The van der Waals surface area contributed by atoms with Gasteiger partial charge in [-0.25, -0.2) is 9.18 Å². The molecule has 0 radical (unpaired) electrons. The highest BCUT2D eigenvalue weighted by Gasteiger charge is 2.08. The number of H-pyrrole nitrogens is 1. The zero-order valence-corrected chi connectivity index (χ0v) is 14.6. The van der Waals surface area contributed by atoms with E-state index in [1.807, 2.05) is 19.2 Å². The van der Waals surface area contributed by atoms with Crippen LogP contribution in [-0.2, 0) is 6.54 Å². The molecule has 3 rings (SSSR count). The van der Waals surface area contributed by atoms with Gasteiger partial charge in [0, 0.05) is 33.6 Å². The molecule has 0 saturated carbocycles. The first-order valence-corrected chi connectivity index (χ1v) is 8.62. The molecule has 0 aliphatic carbocycles. The number of benzene rings is 1. The van der Waals surface area contributed by atoms with Crippen LogP contribution in [-0.4, -0.2) is 15.8 Å². The highest BCUT2D eigenvalue weighted by Crippen LogP contribution is 2.25. The van der Waals surface area contributed by atoms with E-state index >= 15 is 0 Å². The van der Waals surface area contributed by atoms with Gasteiger partial charge in [0.05, 0.1) is 6.21 Å². The molecule has 0 fully saturated rings. The third-order valence-electron chi connectivity index (χ3n) is 3.53. The first-order chi connectivity index (χ1) is 11.9. The van der Waals surface area contributed by atoms with Crippen molar-refractivity contribution in [3.63, 3.8) is 0 Å². The first-order valence-electron chi connectivity index (χ1n) is 7.74. The summed E-state index contributed by atoms with van der Waals surface area (Å²) in [6.07, 6.45) is 1.55. The molecular formula is C17H17FN4O2S. The fourth-order valence-electron chi connectivity index (χ4n) is 2.45. The zero-order valence-electron chi connectivity index (χ0n) is 13.7. The van der Waals surface area contributed by atoms with Crippen molar-refractivity contribution in [2.75, 3.05) is 5.43 Å².